The van der Waals surface area contributed by atoms with Gasteiger partial charge in [0.1, 0.15) is 18.1 Å². The molecule has 2 bridgehead atoms. The third-order valence-corrected chi connectivity index (χ3v) is 10.9. The first-order valence-corrected chi connectivity index (χ1v) is 18.0. The summed E-state index contributed by atoms with van der Waals surface area (Å²) >= 11 is 0. The van der Waals surface area contributed by atoms with E-state index in [0.29, 0.717) is 5.75 Å². The van der Waals surface area contributed by atoms with Crippen molar-refractivity contribution < 1.29 is 38.3 Å². The van der Waals surface area contributed by atoms with Crippen molar-refractivity contribution in [2.24, 2.45) is 11.8 Å². The highest BCUT2D eigenvalue weighted by molar-refractivity contribution is 5.71. The van der Waals surface area contributed by atoms with Crippen molar-refractivity contribution in [1.29, 1.82) is 0 Å². The molecule has 2 aliphatic heterocycles. The van der Waals surface area contributed by atoms with Crippen molar-refractivity contribution in [2.45, 2.75) is 114 Å². The Morgan fingerprint density at radius 1 is 0.745 bits per heavy atom. The Morgan fingerprint density at radius 2 is 1.26 bits per heavy atom. The maximum atomic E-state index is 12.8. The fourth-order valence-corrected chi connectivity index (χ4v) is 8.56. The maximum absolute atomic E-state index is 12.8. The maximum Gasteiger partial charge on any atom is 0.344 e. The van der Waals surface area contributed by atoms with Gasteiger partial charge >= 0.3 is 5.97 Å². The Morgan fingerprint density at radius 3 is 1.79 bits per heavy atom. The van der Waals surface area contributed by atoms with Crippen molar-refractivity contribution in [3.63, 3.8) is 0 Å². The summed E-state index contributed by atoms with van der Waals surface area (Å²) in [6.07, 6.45) is 17.1. The van der Waals surface area contributed by atoms with Gasteiger partial charge in [-0.05, 0) is 54.7 Å². The molecule has 0 aromatic heterocycles. The molecule has 47 heavy (non-hydrogen) atoms. The van der Waals surface area contributed by atoms with Crippen LogP contribution >= 0.6 is 0 Å². The van der Waals surface area contributed by atoms with Crippen molar-refractivity contribution in [2.75, 3.05) is 40.6 Å². The van der Waals surface area contributed by atoms with E-state index in [9.17, 15) is 9.90 Å². The molecule has 4 atom stereocenters. The van der Waals surface area contributed by atoms with E-state index < -0.39 is 23.0 Å². The number of carbonyl (C=O) groups is 1. The van der Waals surface area contributed by atoms with Crippen molar-refractivity contribution in [3.8, 4) is 22.6 Å². The Labute approximate surface area is 281 Å². The van der Waals surface area contributed by atoms with Gasteiger partial charge in [-0.3, -0.25) is 0 Å². The number of benzene rings is 2. The topological polar surface area (TPSA) is 92.7 Å². The third-order valence-electron chi connectivity index (χ3n) is 10.9. The Bertz CT molecular complexity index is 1240. The predicted molar refractivity (Wildman–Crippen MR) is 182 cm³/mol. The molecule has 4 fully saturated rings. The van der Waals surface area contributed by atoms with Crippen molar-refractivity contribution in [3.05, 3.63) is 48.5 Å². The van der Waals surface area contributed by atoms with Gasteiger partial charge in [0.2, 0.25) is 5.79 Å². The highest BCUT2D eigenvalue weighted by Gasteiger charge is 2.89. The molecule has 2 heterocycles. The number of aliphatic hydroxyl groups excluding tert-OH is 1. The molecule has 8 heteroatoms. The van der Waals surface area contributed by atoms with Crippen LogP contribution in [0.15, 0.2) is 48.5 Å². The lowest BCUT2D eigenvalue weighted by Gasteiger charge is -2.61. The van der Waals surface area contributed by atoms with Gasteiger partial charge in [0, 0.05) is 26.1 Å². The first kappa shape index (κ1) is 35.7. The number of methoxy groups -OCH3 is 2. The smallest absolute Gasteiger partial charge is 0.344 e. The fourth-order valence-electron chi connectivity index (χ4n) is 8.56. The van der Waals surface area contributed by atoms with Crippen molar-refractivity contribution in [1.82, 2.24) is 0 Å². The number of ether oxygens (including phenoxy) is 6. The van der Waals surface area contributed by atoms with Crippen LogP contribution < -0.4 is 9.47 Å². The SMILES string of the molecule is CCCCCCCCCCCCOc1ccc(-c2ccc(OCC(=O)OC[C@]34O[C@](CO)(C5CCCCC53)C4(OC)OC)cc2)cc1. The molecule has 260 valence electrons. The van der Waals surface area contributed by atoms with E-state index >= 15 is 0 Å². The van der Waals surface area contributed by atoms with Crippen LogP contribution in [-0.2, 0) is 23.7 Å². The number of esters is 1. The number of aliphatic hydroxyl groups is 1. The molecule has 2 aromatic rings. The zero-order chi connectivity index (χ0) is 33.2. The van der Waals surface area contributed by atoms with Gasteiger partial charge in [-0.25, -0.2) is 4.79 Å². The van der Waals surface area contributed by atoms with E-state index in [2.05, 4.69) is 19.1 Å². The summed E-state index contributed by atoms with van der Waals surface area (Å²) in [7, 11) is 3.14. The largest absolute Gasteiger partial charge is 0.494 e. The van der Waals surface area contributed by atoms with Gasteiger partial charge < -0.3 is 33.5 Å². The minimum atomic E-state index is -1.16. The van der Waals surface area contributed by atoms with Crippen LogP contribution in [0, 0.1) is 11.8 Å². The lowest BCUT2D eigenvalue weighted by Crippen LogP contribution is -2.81. The van der Waals surface area contributed by atoms with Gasteiger partial charge in [-0.1, -0.05) is 102 Å². The van der Waals surface area contributed by atoms with Gasteiger partial charge in [0.15, 0.2) is 17.8 Å². The molecule has 2 saturated heterocycles. The number of hydrogen-bond acceptors (Lipinski definition) is 8. The van der Waals surface area contributed by atoms with E-state index in [-0.39, 0.29) is 31.7 Å². The zero-order valence-electron chi connectivity index (χ0n) is 28.8. The molecule has 0 spiro atoms. The second-order valence-corrected chi connectivity index (χ2v) is 13.6. The number of carbonyl (C=O) groups excluding carboxylic acids is 1. The monoisotopic (exact) mass is 652 g/mol. The first-order valence-electron chi connectivity index (χ1n) is 18.0. The minimum absolute atomic E-state index is 0.0162. The Hall–Kier alpha value is -2.65. The molecular formula is C39H56O8. The number of unbranched alkanes of at least 4 members (excludes halogenated alkanes) is 9. The second kappa shape index (κ2) is 16.6. The molecule has 2 unspecified atom stereocenters. The quantitative estimate of drug-likeness (QED) is 0.0827. The van der Waals surface area contributed by atoms with Crippen LogP contribution in [0.4, 0.5) is 0 Å². The standard InChI is InChI=1S/C39H56O8/c1-4-5-6-7-8-9-10-11-12-15-26-44-32-22-18-30(19-23-32)31-20-24-33(25-21-31)45-27-36(41)46-29-38-35-17-14-13-16-34(35)37(28-40,47-38)39(38,42-2)43-3/h18-25,34-35,40H,4-17,26-29H2,1-3H3/t34?,35?,37-,38+/m1/s1. The summed E-state index contributed by atoms with van der Waals surface area (Å²) in [5, 5.41) is 10.4. The summed E-state index contributed by atoms with van der Waals surface area (Å²) in [4.78, 5) is 12.8. The summed E-state index contributed by atoms with van der Waals surface area (Å²) in [5.41, 5.74) is 0.244. The molecule has 8 nitrogen and oxygen atoms in total. The van der Waals surface area contributed by atoms with Gasteiger partial charge in [-0.2, -0.15) is 0 Å². The molecule has 0 radical (unpaired) electrons. The second-order valence-electron chi connectivity index (χ2n) is 13.6. The third kappa shape index (κ3) is 7.22. The van der Waals surface area contributed by atoms with E-state index in [1.807, 2.05) is 36.4 Å². The minimum Gasteiger partial charge on any atom is -0.494 e. The van der Waals surface area contributed by atoms with Gasteiger partial charge in [-0.15, -0.1) is 0 Å². The summed E-state index contributed by atoms with van der Waals surface area (Å²) < 4.78 is 35.7. The molecule has 2 aliphatic carbocycles. The van der Waals surface area contributed by atoms with Crippen LogP contribution in [0.5, 0.6) is 11.5 Å². The lowest BCUT2D eigenvalue weighted by atomic mass is 9.76. The molecule has 4 aliphatic rings. The Balaban J connectivity index is 1.02. The molecular weight excluding hydrogens is 596 g/mol. The number of rotatable bonds is 21. The molecule has 1 N–H and O–H groups in total. The van der Waals surface area contributed by atoms with Crippen LogP contribution in [-0.4, -0.2) is 68.7 Å². The molecule has 0 amide bonds. The highest BCUT2D eigenvalue weighted by Crippen LogP contribution is 2.72. The zero-order valence-corrected chi connectivity index (χ0v) is 28.8. The molecule has 2 aromatic carbocycles. The van der Waals surface area contributed by atoms with E-state index in [1.54, 1.807) is 14.2 Å². The van der Waals surface area contributed by atoms with E-state index in [4.69, 9.17) is 28.4 Å². The van der Waals surface area contributed by atoms with Crippen LogP contribution in [0.2, 0.25) is 0 Å². The lowest BCUT2D eigenvalue weighted by molar-refractivity contribution is -0.476. The number of hydrogen-bond donors (Lipinski definition) is 1. The normalized spacial score (nSPS) is 25.5. The first-order chi connectivity index (χ1) is 23.0. The van der Waals surface area contributed by atoms with E-state index in [0.717, 1.165) is 55.6 Å². The average molecular weight is 653 g/mol. The van der Waals surface area contributed by atoms with Crippen LogP contribution in [0.1, 0.15) is 96.8 Å². The van der Waals surface area contributed by atoms with Gasteiger partial charge in [0.25, 0.3) is 0 Å². The molecule has 6 rings (SSSR count). The highest BCUT2D eigenvalue weighted by atomic mass is 16.8. The van der Waals surface area contributed by atoms with Crippen LogP contribution in [0.25, 0.3) is 11.1 Å². The van der Waals surface area contributed by atoms with Crippen molar-refractivity contribution >= 4 is 5.97 Å². The molecule has 2 saturated carbocycles. The summed E-state index contributed by atoms with van der Waals surface area (Å²) in [6.45, 7) is 2.57. The Kier molecular flexibility index (Phi) is 12.6. The fraction of sp³-hybridized carbons (Fsp3) is 0.667. The van der Waals surface area contributed by atoms with Crippen LogP contribution in [0.3, 0.4) is 0 Å². The average Bonchev–Trinajstić information content (AvgIpc) is 3.52. The summed E-state index contributed by atoms with van der Waals surface area (Å²) in [6, 6.07) is 15.8. The van der Waals surface area contributed by atoms with Gasteiger partial charge in [0.05, 0.1) is 13.2 Å². The summed E-state index contributed by atoms with van der Waals surface area (Å²) in [5.74, 6) is -0.0231. The predicted octanol–water partition coefficient (Wildman–Crippen LogP) is 7.88. The van der Waals surface area contributed by atoms with E-state index in [1.165, 1.54) is 57.8 Å².